The number of pyridine rings is 1. The van der Waals surface area contributed by atoms with Gasteiger partial charge in [0.05, 0.1) is 10.6 Å². The van der Waals surface area contributed by atoms with E-state index in [9.17, 15) is 4.79 Å². The predicted molar refractivity (Wildman–Crippen MR) is 82.7 cm³/mol. The van der Waals surface area contributed by atoms with E-state index in [1.807, 2.05) is 0 Å². The average Bonchev–Trinajstić information content (AvgIpc) is 2.46. The van der Waals surface area contributed by atoms with E-state index >= 15 is 0 Å². The van der Waals surface area contributed by atoms with Crippen molar-refractivity contribution in [1.82, 2.24) is 9.88 Å². The second kappa shape index (κ2) is 6.60. The first-order valence-electron chi connectivity index (χ1n) is 6.89. The Labute approximate surface area is 129 Å². The van der Waals surface area contributed by atoms with E-state index in [1.54, 1.807) is 0 Å². The number of primary amides is 1. The van der Waals surface area contributed by atoms with Gasteiger partial charge in [-0.15, -0.1) is 0 Å². The van der Waals surface area contributed by atoms with Crippen LogP contribution < -0.4 is 11.1 Å². The van der Waals surface area contributed by atoms with Crippen molar-refractivity contribution in [2.45, 2.75) is 18.4 Å². The topological polar surface area (TPSA) is 80.5 Å². The van der Waals surface area contributed by atoms with Crippen LogP contribution in [0.1, 0.15) is 23.2 Å². The van der Waals surface area contributed by atoms with Crippen LogP contribution in [0.4, 0.5) is 5.82 Å². The van der Waals surface area contributed by atoms with Crippen molar-refractivity contribution in [3.8, 4) is 0 Å². The number of hydrogen-bond acceptors (Lipinski definition) is 5. The molecule has 0 radical (unpaired) electrons. The van der Waals surface area contributed by atoms with Crippen molar-refractivity contribution >= 4 is 23.3 Å². The highest BCUT2D eigenvalue weighted by atomic mass is 35.5. The fraction of sp³-hybridized carbons (Fsp3) is 0.571. The highest BCUT2D eigenvalue weighted by Gasteiger charge is 2.34. The van der Waals surface area contributed by atoms with E-state index in [0.717, 1.165) is 26.1 Å². The SMILES string of the molecule is CN(C)C1(CNc2ncc(C(N)=O)cc2Cl)CCOCC1. The second-order valence-corrected chi connectivity index (χ2v) is 5.91. The largest absolute Gasteiger partial charge is 0.381 e. The van der Waals surface area contributed by atoms with E-state index in [0.29, 0.717) is 22.9 Å². The number of nitrogens with two attached hydrogens (primary N) is 1. The smallest absolute Gasteiger partial charge is 0.250 e. The number of halogens is 1. The molecule has 0 spiro atoms. The summed E-state index contributed by atoms with van der Waals surface area (Å²) in [7, 11) is 4.14. The highest BCUT2D eigenvalue weighted by Crippen LogP contribution is 2.28. The first kappa shape index (κ1) is 16.0. The van der Waals surface area contributed by atoms with Crippen LogP contribution in [0.2, 0.25) is 5.02 Å². The molecule has 0 aromatic carbocycles. The van der Waals surface area contributed by atoms with Gasteiger partial charge in [-0.05, 0) is 33.0 Å². The number of ether oxygens (including phenoxy) is 1. The molecule has 2 rings (SSSR count). The van der Waals surface area contributed by atoms with Crippen LogP contribution in [0, 0.1) is 0 Å². The van der Waals surface area contributed by atoms with Crippen molar-refractivity contribution in [2.24, 2.45) is 5.73 Å². The van der Waals surface area contributed by atoms with E-state index in [-0.39, 0.29) is 5.54 Å². The number of amides is 1. The lowest BCUT2D eigenvalue weighted by molar-refractivity contribution is -0.000664. The molecule has 1 aromatic rings. The van der Waals surface area contributed by atoms with Gasteiger partial charge in [0.2, 0.25) is 5.91 Å². The van der Waals surface area contributed by atoms with Crippen molar-refractivity contribution in [1.29, 1.82) is 0 Å². The Morgan fingerprint density at radius 3 is 2.71 bits per heavy atom. The van der Waals surface area contributed by atoms with Gasteiger partial charge in [0.1, 0.15) is 5.82 Å². The Hall–Kier alpha value is -1.37. The monoisotopic (exact) mass is 312 g/mol. The molecule has 0 bridgehead atoms. The van der Waals surface area contributed by atoms with Crippen LogP contribution in [0.25, 0.3) is 0 Å². The number of carbonyl (C=O) groups is 1. The Morgan fingerprint density at radius 2 is 2.19 bits per heavy atom. The summed E-state index contributed by atoms with van der Waals surface area (Å²) in [5.74, 6) is 0.0273. The first-order chi connectivity index (χ1) is 9.94. The molecule has 1 aliphatic rings. The molecule has 0 saturated carbocycles. The number of hydrogen-bond donors (Lipinski definition) is 2. The first-order valence-corrected chi connectivity index (χ1v) is 7.27. The molecule has 0 atom stereocenters. The zero-order valence-corrected chi connectivity index (χ0v) is 13.1. The van der Waals surface area contributed by atoms with E-state index < -0.39 is 5.91 Å². The quantitative estimate of drug-likeness (QED) is 0.858. The predicted octanol–water partition coefficient (Wildman–Crippen LogP) is 1.36. The standard InChI is InChI=1S/C14H21ClN4O2/c1-19(2)14(3-5-21-6-4-14)9-18-13-11(15)7-10(8-17-13)12(16)20/h7-8H,3-6,9H2,1-2H3,(H2,16,20)(H,17,18). The normalized spacial score (nSPS) is 17.7. The third-order valence-corrected chi connectivity index (χ3v) is 4.37. The molecule has 3 N–H and O–H groups in total. The van der Waals surface area contributed by atoms with Crippen LogP contribution in [0.15, 0.2) is 12.3 Å². The minimum atomic E-state index is -0.537. The third kappa shape index (κ3) is 3.64. The number of nitrogens with one attached hydrogen (secondary N) is 1. The summed E-state index contributed by atoms with van der Waals surface area (Å²) >= 11 is 6.15. The third-order valence-electron chi connectivity index (χ3n) is 4.08. The van der Waals surface area contributed by atoms with E-state index in [1.165, 1.54) is 12.3 Å². The maximum Gasteiger partial charge on any atom is 0.250 e. The van der Waals surface area contributed by atoms with Crippen molar-refractivity contribution < 1.29 is 9.53 Å². The summed E-state index contributed by atoms with van der Waals surface area (Å²) in [4.78, 5) is 17.5. The molecule has 6 nitrogen and oxygen atoms in total. The minimum Gasteiger partial charge on any atom is -0.381 e. The van der Waals surface area contributed by atoms with Gasteiger partial charge < -0.3 is 20.7 Å². The molecule has 0 aliphatic carbocycles. The highest BCUT2D eigenvalue weighted by molar-refractivity contribution is 6.33. The Morgan fingerprint density at radius 1 is 1.52 bits per heavy atom. The van der Waals surface area contributed by atoms with E-state index in [2.05, 4.69) is 29.3 Å². The van der Waals surface area contributed by atoms with E-state index in [4.69, 9.17) is 22.1 Å². The molecule has 2 heterocycles. The zero-order valence-electron chi connectivity index (χ0n) is 12.4. The number of rotatable bonds is 5. The number of carbonyl (C=O) groups excluding carboxylic acids is 1. The molecule has 1 fully saturated rings. The maximum atomic E-state index is 11.1. The summed E-state index contributed by atoms with van der Waals surface area (Å²) in [6, 6.07) is 1.53. The van der Waals surface area contributed by atoms with Gasteiger partial charge in [0.15, 0.2) is 0 Å². The fourth-order valence-corrected chi connectivity index (χ4v) is 2.72. The second-order valence-electron chi connectivity index (χ2n) is 5.50. The summed E-state index contributed by atoms with van der Waals surface area (Å²) in [6.07, 6.45) is 3.33. The van der Waals surface area contributed by atoms with Crippen molar-refractivity contribution in [3.63, 3.8) is 0 Å². The number of anilines is 1. The van der Waals surface area contributed by atoms with Gasteiger partial charge in [-0.25, -0.2) is 4.98 Å². The fourth-order valence-electron chi connectivity index (χ4n) is 2.48. The molecule has 1 amide bonds. The Kier molecular flexibility index (Phi) is 5.03. The lowest BCUT2D eigenvalue weighted by Crippen LogP contribution is -2.53. The maximum absolute atomic E-state index is 11.1. The van der Waals surface area contributed by atoms with Gasteiger partial charge >= 0.3 is 0 Å². The van der Waals surface area contributed by atoms with Crippen LogP contribution in [0.3, 0.4) is 0 Å². The minimum absolute atomic E-state index is 0.0195. The summed E-state index contributed by atoms with van der Waals surface area (Å²) in [6.45, 7) is 2.22. The van der Waals surface area contributed by atoms with Crippen LogP contribution in [-0.4, -0.2) is 55.2 Å². The van der Waals surface area contributed by atoms with Gasteiger partial charge in [-0.3, -0.25) is 4.79 Å². The van der Waals surface area contributed by atoms with Crippen molar-refractivity contribution in [2.75, 3.05) is 39.2 Å². The lowest BCUT2D eigenvalue weighted by Gasteiger charge is -2.43. The van der Waals surface area contributed by atoms with Gasteiger partial charge in [-0.2, -0.15) is 0 Å². The zero-order chi connectivity index (χ0) is 15.5. The molecule has 1 aliphatic heterocycles. The van der Waals surface area contributed by atoms with Crippen molar-refractivity contribution in [3.05, 3.63) is 22.8 Å². The van der Waals surface area contributed by atoms with Gasteiger partial charge in [0.25, 0.3) is 0 Å². The lowest BCUT2D eigenvalue weighted by atomic mass is 9.88. The van der Waals surface area contributed by atoms with Crippen LogP contribution in [-0.2, 0) is 4.74 Å². The molecular formula is C14H21ClN4O2. The summed E-state index contributed by atoms with van der Waals surface area (Å²) < 4.78 is 5.45. The molecule has 1 aromatic heterocycles. The molecule has 7 heteroatoms. The molecule has 0 unspecified atom stereocenters. The summed E-state index contributed by atoms with van der Waals surface area (Å²) in [5.41, 5.74) is 5.53. The number of likely N-dealkylation sites (N-methyl/N-ethyl adjacent to an activating group) is 1. The molecule has 116 valence electrons. The molecule has 21 heavy (non-hydrogen) atoms. The van der Waals surface area contributed by atoms with Gasteiger partial charge in [-0.1, -0.05) is 11.6 Å². The Bertz CT molecular complexity index is 516. The number of nitrogens with zero attached hydrogens (tertiary/aromatic N) is 2. The summed E-state index contributed by atoms with van der Waals surface area (Å²) in [5, 5.41) is 3.67. The van der Waals surface area contributed by atoms with Crippen LogP contribution in [0.5, 0.6) is 0 Å². The molecular weight excluding hydrogens is 292 g/mol. The van der Waals surface area contributed by atoms with Gasteiger partial charge in [0, 0.05) is 31.5 Å². The van der Waals surface area contributed by atoms with Crippen LogP contribution >= 0.6 is 11.6 Å². The Balaban J connectivity index is 2.09. The average molecular weight is 313 g/mol. The number of aromatic nitrogens is 1. The molecule has 1 saturated heterocycles.